The van der Waals surface area contributed by atoms with Crippen LogP contribution in [0.5, 0.6) is 0 Å². The molecule has 2 aromatic carbocycles. The van der Waals surface area contributed by atoms with Gasteiger partial charge in [0, 0.05) is 16.8 Å². The topological polar surface area (TPSA) is 97.6 Å². The fourth-order valence-electron chi connectivity index (χ4n) is 2.79. The molecular weight excluding hydrogens is 431 g/mol. The zero-order valence-corrected chi connectivity index (χ0v) is 17.2. The Hall–Kier alpha value is -2.37. The van der Waals surface area contributed by atoms with Crippen molar-refractivity contribution < 1.29 is 28.5 Å². The number of benzene rings is 2. The molecule has 31 heavy (non-hydrogen) atoms. The lowest BCUT2D eigenvalue weighted by Crippen LogP contribution is -2.54. The molecule has 0 amide bonds. The third-order valence-electron chi connectivity index (χ3n) is 4.79. The lowest BCUT2D eigenvalue weighted by molar-refractivity contribution is -0.137. The number of alkyl halides is 3. The normalized spacial score (nSPS) is 12.3. The van der Waals surface area contributed by atoms with Crippen molar-refractivity contribution >= 4 is 28.5 Å². The molecule has 166 valence electrons. The summed E-state index contributed by atoms with van der Waals surface area (Å²) >= 11 is 1.17. The first-order chi connectivity index (χ1) is 14.8. The maximum Gasteiger partial charge on any atom is 0.416 e. The van der Waals surface area contributed by atoms with E-state index in [0.29, 0.717) is 21.8 Å². The minimum absolute atomic E-state index is 0.206. The van der Waals surface area contributed by atoms with Crippen molar-refractivity contribution in [1.82, 2.24) is 10.3 Å². The predicted octanol–water partition coefficient (Wildman–Crippen LogP) is 3.18. The number of aliphatic hydroxyl groups excluding tert-OH is 3. The lowest BCUT2D eigenvalue weighted by atomic mass is 10.0. The zero-order chi connectivity index (χ0) is 22.5. The molecule has 3 rings (SSSR count). The van der Waals surface area contributed by atoms with Gasteiger partial charge >= 0.3 is 6.18 Å². The molecule has 0 unspecified atom stereocenters. The average Bonchev–Trinajstić information content (AvgIpc) is 2.78. The van der Waals surface area contributed by atoms with Gasteiger partial charge in [0.1, 0.15) is 0 Å². The molecular formula is C21H22F3N3O3S. The van der Waals surface area contributed by atoms with E-state index in [1.54, 1.807) is 6.07 Å². The number of anilines is 1. The molecule has 0 aliphatic rings. The van der Waals surface area contributed by atoms with Gasteiger partial charge in [0.05, 0.1) is 47.8 Å². The summed E-state index contributed by atoms with van der Waals surface area (Å²) in [6, 6.07) is 14.0. The maximum atomic E-state index is 12.7. The number of pyridine rings is 1. The Morgan fingerprint density at radius 2 is 1.55 bits per heavy atom. The van der Waals surface area contributed by atoms with Crippen LogP contribution < -0.4 is 10.0 Å². The number of aromatic nitrogens is 1. The first-order valence-corrected chi connectivity index (χ1v) is 10.2. The summed E-state index contributed by atoms with van der Waals surface area (Å²) in [7, 11) is 0. The van der Waals surface area contributed by atoms with Gasteiger partial charge in [-0.25, -0.2) is 4.98 Å². The Labute approximate surface area is 181 Å². The van der Waals surface area contributed by atoms with Crippen molar-refractivity contribution in [2.45, 2.75) is 23.2 Å². The molecule has 0 bridgehead atoms. The second kappa shape index (κ2) is 9.84. The highest BCUT2D eigenvalue weighted by atomic mass is 32.2. The maximum absolute atomic E-state index is 12.7. The third kappa shape index (κ3) is 5.66. The summed E-state index contributed by atoms with van der Waals surface area (Å²) in [5.74, 6) is 0. The Bertz CT molecular complexity index is 1000. The molecule has 0 spiro atoms. The molecule has 0 saturated heterocycles. The summed E-state index contributed by atoms with van der Waals surface area (Å²) in [6.45, 7) is -1.11. The van der Waals surface area contributed by atoms with Crippen LogP contribution in [0.1, 0.15) is 11.3 Å². The fraction of sp³-hybridized carbons (Fsp3) is 0.286. The smallest absolute Gasteiger partial charge is 0.394 e. The number of aliphatic hydroxyl groups is 3. The van der Waals surface area contributed by atoms with E-state index in [0.717, 1.165) is 17.5 Å². The highest BCUT2D eigenvalue weighted by Gasteiger charge is 2.30. The molecule has 0 radical (unpaired) electrons. The van der Waals surface area contributed by atoms with E-state index < -0.39 is 37.1 Å². The highest BCUT2D eigenvalue weighted by Crippen LogP contribution is 2.32. The first-order valence-electron chi connectivity index (χ1n) is 9.36. The summed E-state index contributed by atoms with van der Waals surface area (Å²) in [6.07, 6.45) is -4.37. The number of para-hydroxylation sites is 1. The third-order valence-corrected chi connectivity index (χ3v) is 5.62. The van der Waals surface area contributed by atoms with Crippen LogP contribution in [0.2, 0.25) is 0 Å². The van der Waals surface area contributed by atoms with Gasteiger partial charge in [0.15, 0.2) is 0 Å². The van der Waals surface area contributed by atoms with Gasteiger partial charge < -0.3 is 20.0 Å². The Balaban J connectivity index is 1.76. The van der Waals surface area contributed by atoms with Crippen LogP contribution in [0, 0.1) is 0 Å². The molecule has 5 N–H and O–H groups in total. The van der Waals surface area contributed by atoms with E-state index in [9.17, 15) is 28.5 Å². The van der Waals surface area contributed by atoms with Crippen LogP contribution in [-0.2, 0) is 12.7 Å². The van der Waals surface area contributed by atoms with Crippen molar-refractivity contribution in [2.24, 2.45) is 0 Å². The Morgan fingerprint density at radius 3 is 2.16 bits per heavy atom. The van der Waals surface area contributed by atoms with Gasteiger partial charge in [-0.1, -0.05) is 18.2 Å². The largest absolute Gasteiger partial charge is 0.416 e. The van der Waals surface area contributed by atoms with Gasteiger partial charge in [0.2, 0.25) is 0 Å². The van der Waals surface area contributed by atoms with Crippen LogP contribution in [0.3, 0.4) is 0 Å². The summed E-state index contributed by atoms with van der Waals surface area (Å²) < 4.78 is 41.3. The number of hydrogen-bond donors (Lipinski definition) is 5. The molecule has 1 aromatic heterocycles. The van der Waals surface area contributed by atoms with Gasteiger partial charge in [-0.2, -0.15) is 13.2 Å². The number of nitrogens with one attached hydrogen (secondary N) is 2. The molecule has 10 heteroatoms. The lowest BCUT2D eigenvalue weighted by Gasteiger charge is -2.28. The summed E-state index contributed by atoms with van der Waals surface area (Å²) in [5, 5.41) is 32.1. The van der Waals surface area contributed by atoms with E-state index >= 15 is 0 Å². The molecule has 1 heterocycles. The number of rotatable bonds is 9. The van der Waals surface area contributed by atoms with Crippen molar-refractivity contribution in [3.63, 3.8) is 0 Å². The minimum Gasteiger partial charge on any atom is -0.394 e. The summed E-state index contributed by atoms with van der Waals surface area (Å²) in [4.78, 5) is 5.22. The van der Waals surface area contributed by atoms with Crippen LogP contribution in [0.4, 0.5) is 18.9 Å². The van der Waals surface area contributed by atoms with E-state index in [4.69, 9.17) is 0 Å². The van der Waals surface area contributed by atoms with Gasteiger partial charge in [-0.3, -0.25) is 5.32 Å². The van der Waals surface area contributed by atoms with Crippen LogP contribution in [0.25, 0.3) is 10.9 Å². The standard InChI is InChI=1S/C21H22F3N3O3S/c22-21(23,24)15-5-8-17(9-6-15)31-27-18-3-1-2-14-4-7-16(26-19(14)18)10-25-20(11-28,12-29)13-30/h1-9,25,27-30H,10-13H2. The van der Waals surface area contributed by atoms with Crippen LogP contribution in [0.15, 0.2) is 59.5 Å². The van der Waals surface area contributed by atoms with E-state index in [-0.39, 0.29) is 6.54 Å². The van der Waals surface area contributed by atoms with E-state index in [1.165, 1.54) is 24.1 Å². The Morgan fingerprint density at radius 1 is 0.871 bits per heavy atom. The van der Waals surface area contributed by atoms with Crippen molar-refractivity contribution in [3.05, 3.63) is 65.9 Å². The molecule has 0 atom stereocenters. The highest BCUT2D eigenvalue weighted by molar-refractivity contribution is 8.00. The predicted molar refractivity (Wildman–Crippen MR) is 113 cm³/mol. The van der Waals surface area contributed by atoms with Crippen LogP contribution >= 0.6 is 11.9 Å². The number of hydrogen-bond acceptors (Lipinski definition) is 7. The average molecular weight is 453 g/mol. The number of halogens is 3. The molecule has 0 aliphatic carbocycles. The summed E-state index contributed by atoms with van der Waals surface area (Å²) in [5.41, 5.74) is 0.0460. The van der Waals surface area contributed by atoms with Crippen molar-refractivity contribution in [1.29, 1.82) is 0 Å². The van der Waals surface area contributed by atoms with Gasteiger partial charge in [0.25, 0.3) is 0 Å². The fourth-order valence-corrected chi connectivity index (χ4v) is 3.45. The van der Waals surface area contributed by atoms with Gasteiger partial charge in [-0.15, -0.1) is 0 Å². The second-order valence-corrected chi connectivity index (χ2v) is 7.89. The van der Waals surface area contributed by atoms with Gasteiger partial charge in [-0.05, 0) is 48.3 Å². The molecule has 0 aliphatic heterocycles. The first kappa shape index (κ1) is 23.3. The Kier molecular flexibility index (Phi) is 7.39. The van der Waals surface area contributed by atoms with E-state index in [2.05, 4.69) is 15.0 Å². The minimum atomic E-state index is -4.37. The quantitative estimate of drug-likeness (QED) is 0.318. The van der Waals surface area contributed by atoms with E-state index in [1.807, 2.05) is 24.3 Å². The monoisotopic (exact) mass is 453 g/mol. The van der Waals surface area contributed by atoms with Crippen molar-refractivity contribution in [2.75, 3.05) is 24.5 Å². The molecule has 0 fully saturated rings. The second-order valence-electron chi connectivity index (χ2n) is 7.01. The SMILES string of the molecule is OCC(CO)(CO)NCc1ccc2cccc(NSc3ccc(C(F)(F)F)cc3)c2n1. The molecule has 0 saturated carbocycles. The zero-order valence-electron chi connectivity index (χ0n) is 16.4. The molecule has 3 aromatic rings. The molecule has 6 nitrogen and oxygen atoms in total. The number of fused-ring (bicyclic) bond motifs is 1. The van der Waals surface area contributed by atoms with Crippen molar-refractivity contribution in [3.8, 4) is 0 Å². The van der Waals surface area contributed by atoms with Crippen LogP contribution in [-0.4, -0.2) is 45.7 Å². The number of nitrogens with zero attached hydrogens (tertiary/aromatic N) is 1.